The molecule has 3 rings (SSSR count). The molecule has 2 aliphatic carbocycles. The lowest BCUT2D eigenvalue weighted by molar-refractivity contribution is 0.213. The van der Waals surface area contributed by atoms with E-state index in [1.807, 2.05) is 0 Å². The van der Waals surface area contributed by atoms with E-state index in [1.54, 1.807) is 6.07 Å². The van der Waals surface area contributed by atoms with E-state index in [1.165, 1.54) is 37.8 Å². The molecule has 2 aliphatic rings. The number of hydrogen-bond acceptors (Lipinski definition) is 2. The zero-order chi connectivity index (χ0) is 14.1. The lowest BCUT2D eigenvalue weighted by Gasteiger charge is -2.27. The number of nitriles is 1. The van der Waals surface area contributed by atoms with Crippen molar-refractivity contribution in [2.45, 2.75) is 32.2 Å². The molecular weight excluding hydrogens is 251 g/mol. The van der Waals surface area contributed by atoms with Crippen LogP contribution in [0.25, 0.3) is 0 Å². The van der Waals surface area contributed by atoms with Crippen molar-refractivity contribution in [1.82, 2.24) is 4.90 Å². The van der Waals surface area contributed by atoms with Crippen molar-refractivity contribution in [3.63, 3.8) is 0 Å². The van der Waals surface area contributed by atoms with Gasteiger partial charge < -0.3 is 4.90 Å². The van der Waals surface area contributed by atoms with Crippen molar-refractivity contribution in [2.24, 2.45) is 17.8 Å². The van der Waals surface area contributed by atoms with Crippen LogP contribution in [0.3, 0.4) is 0 Å². The van der Waals surface area contributed by atoms with Gasteiger partial charge in [-0.25, -0.2) is 4.39 Å². The molecule has 2 nitrogen and oxygen atoms in total. The second-order valence-electron chi connectivity index (χ2n) is 6.55. The maximum atomic E-state index is 13.8. The van der Waals surface area contributed by atoms with Crippen LogP contribution in [-0.4, -0.2) is 18.5 Å². The normalized spacial score (nSPS) is 28.0. The van der Waals surface area contributed by atoms with E-state index in [4.69, 9.17) is 5.26 Å². The highest BCUT2D eigenvalue weighted by Crippen LogP contribution is 2.48. The summed E-state index contributed by atoms with van der Waals surface area (Å²) in [6.07, 6.45) is 5.58. The summed E-state index contributed by atoms with van der Waals surface area (Å²) in [4.78, 5) is 2.21. The Morgan fingerprint density at radius 1 is 1.35 bits per heavy atom. The molecule has 3 heteroatoms. The van der Waals surface area contributed by atoms with Crippen LogP contribution in [0.2, 0.25) is 0 Å². The third-order valence-electron chi connectivity index (χ3n) is 5.05. The van der Waals surface area contributed by atoms with Crippen molar-refractivity contribution < 1.29 is 4.39 Å². The van der Waals surface area contributed by atoms with E-state index < -0.39 is 0 Å². The minimum atomic E-state index is -0.205. The number of rotatable bonds is 4. The van der Waals surface area contributed by atoms with Crippen LogP contribution in [0.5, 0.6) is 0 Å². The summed E-state index contributed by atoms with van der Waals surface area (Å²) in [6.45, 7) is 1.65. The van der Waals surface area contributed by atoms with Gasteiger partial charge in [-0.3, -0.25) is 0 Å². The smallest absolute Gasteiger partial charge is 0.127 e. The predicted molar refractivity (Wildman–Crippen MR) is 76.4 cm³/mol. The summed E-state index contributed by atoms with van der Waals surface area (Å²) >= 11 is 0. The van der Waals surface area contributed by atoms with E-state index in [2.05, 4.69) is 18.0 Å². The van der Waals surface area contributed by atoms with E-state index in [0.29, 0.717) is 17.7 Å². The van der Waals surface area contributed by atoms with Gasteiger partial charge in [0.15, 0.2) is 0 Å². The Morgan fingerprint density at radius 2 is 2.20 bits per heavy atom. The zero-order valence-electron chi connectivity index (χ0n) is 12.0. The van der Waals surface area contributed by atoms with E-state index in [0.717, 1.165) is 24.3 Å². The maximum Gasteiger partial charge on any atom is 0.127 e. The molecule has 1 aromatic rings. The van der Waals surface area contributed by atoms with Crippen LogP contribution in [0.15, 0.2) is 18.2 Å². The summed E-state index contributed by atoms with van der Waals surface area (Å²) in [7, 11) is 2.06. The molecule has 2 fully saturated rings. The molecule has 3 atom stereocenters. The Morgan fingerprint density at radius 3 is 2.85 bits per heavy atom. The fourth-order valence-electron chi connectivity index (χ4n) is 4.12. The Hall–Kier alpha value is -1.40. The molecule has 0 amide bonds. The number of halogens is 1. The van der Waals surface area contributed by atoms with Gasteiger partial charge in [-0.1, -0.05) is 6.42 Å². The van der Waals surface area contributed by atoms with E-state index >= 15 is 0 Å². The summed E-state index contributed by atoms with van der Waals surface area (Å²) < 4.78 is 13.8. The third-order valence-corrected chi connectivity index (χ3v) is 5.05. The number of hydrogen-bond donors (Lipinski definition) is 0. The minimum Gasteiger partial charge on any atom is -0.302 e. The molecule has 20 heavy (non-hydrogen) atoms. The van der Waals surface area contributed by atoms with Crippen molar-refractivity contribution in [3.05, 3.63) is 35.1 Å². The van der Waals surface area contributed by atoms with Crippen molar-refractivity contribution >= 4 is 0 Å². The fraction of sp³-hybridized carbons (Fsp3) is 0.588. The number of benzene rings is 1. The Labute approximate surface area is 120 Å². The third kappa shape index (κ3) is 2.71. The second-order valence-corrected chi connectivity index (χ2v) is 6.55. The highest BCUT2D eigenvalue weighted by Gasteiger charge is 2.39. The molecule has 106 valence electrons. The Kier molecular flexibility index (Phi) is 3.76. The Bertz CT molecular complexity index is 534. The zero-order valence-corrected chi connectivity index (χ0v) is 12.0. The molecular formula is C17H21FN2. The van der Waals surface area contributed by atoms with Gasteiger partial charge in [0, 0.05) is 18.7 Å². The van der Waals surface area contributed by atoms with Gasteiger partial charge in [-0.05, 0) is 62.3 Å². The van der Waals surface area contributed by atoms with Crippen LogP contribution in [0, 0.1) is 34.9 Å². The monoisotopic (exact) mass is 272 g/mol. The summed E-state index contributed by atoms with van der Waals surface area (Å²) in [5.41, 5.74) is 1.17. The first-order valence-electron chi connectivity index (χ1n) is 7.52. The lowest BCUT2D eigenvalue weighted by atomic mass is 9.88. The molecule has 0 saturated heterocycles. The van der Waals surface area contributed by atoms with Crippen molar-refractivity contribution in [1.29, 1.82) is 5.26 Å². The molecule has 0 aliphatic heterocycles. The quantitative estimate of drug-likeness (QED) is 0.838. The number of nitrogens with zero attached hydrogens (tertiary/aromatic N) is 2. The van der Waals surface area contributed by atoms with Crippen molar-refractivity contribution in [3.8, 4) is 6.07 Å². The van der Waals surface area contributed by atoms with E-state index in [-0.39, 0.29) is 5.82 Å². The molecule has 0 radical (unpaired) electrons. The second kappa shape index (κ2) is 5.54. The molecule has 2 bridgehead atoms. The van der Waals surface area contributed by atoms with Crippen molar-refractivity contribution in [2.75, 3.05) is 13.6 Å². The molecule has 3 unspecified atom stereocenters. The van der Waals surface area contributed by atoms with Gasteiger partial charge in [0.05, 0.1) is 11.6 Å². The van der Waals surface area contributed by atoms with Crippen LogP contribution in [0.1, 0.15) is 36.8 Å². The largest absolute Gasteiger partial charge is 0.302 e. The van der Waals surface area contributed by atoms with Gasteiger partial charge in [0.2, 0.25) is 0 Å². The van der Waals surface area contributed by atoms with Crippen LogP contribution in [-0.2, 0) is 6.54 Å². The van der Waals surface area contributed by atoms with Gasteiger partial charge >= 0.3 is 0 Å². The Balaban J connectivity index is 1.61. The first kappa shape index (κ1) is 13.6. The standard InChI is InChI=1S/C17H21FN2/c1-20(10-15-7-12-2-4-14(15)6-12)11-16-8-13(9-19)3-5-17(16)18/h3,5,8,12,14-15H,2,4,6-7,10-11H2,1H3. The minimum absolute atomic E-state index is 0.205. The average molecular weight is 272 g/mol. The topological polar surface area (TPSA) is 27.0 Å². The molecule has 0 N–H and O–H groups in total. The predicted octanol–water partition coefficient (Wildman–Crippen LogP) is 3.57. The van der Waals surface area contributed by atoms with Gasteiger partial charge in [0.1, 0.15) is 5.82 Å². The molecule has 0 aromatic heterocycles. The lowest BCUT2D eigenvalue weighted by Crippen LogP contribution is -2.28. The summed E-state index contributed by atoms with van der Waals surface area (Å²) in [6, 6.07) is 6.69. The maximum absolute atomic E-state index is 13.8. The summed E-state index contributed by atoms with van der Waals surface area (Å²) in [5, 5.41) is 8.90. The molecule has 1 aromatic carbocycles. The van der Waals surface area contributed by atoms with Gasteiger partial charge in [-0.2, -0.15) is 5.26 Å². The first-order valence-corrected chi connectivity index (χ1v) is 7.52. The van der Waals surface area contributed by atoms with Crippen LogP contribution in [0.4, 0.5) is 4.39 Å². The SMILES string of the molecule is CN(Cc1cc(C#N)ccc1F)CC1CC2CCC1C2. The highest BCUT2D eigenvalue weighted by atomic mass is 19.1. The van der Waals surface area contributed by atoms with Crippen LogP contribution < -0.4 is 0 Å². The molecule has 0 heterocycles. The summed E-state index contributed by atoms with van der Waals surface area (Å²) in [5.74, 6) is 2.44. The van der Waals surface area contributed by atoms with E-state index in [9.17, 15) is 4.39 Å². The fourth-order valence-corrected chi connectivity index (χ4v) is 4.12. The van der Waals surface area contributed by atoms with Gasteiger partial charge in [0.25, 0.3) is 0 Å². The first-order chi connectivity index (χ1) is 9.65. The molecule has 0 spiro atoms. The average Bonchev–Trinajstić information content (AvgIpc) is 3.03. The number of fused-ring (bicyclic) bond motifs is 2. The highest BCUT2D eigenvalue weighted by molar-refractivity contribution is 5.33. The molecule has 2 saturated carbocycles. The van der Waals surface area contributed by atoms with Crippen LogP contribution >= 0.6 is 0 Å². The van der Waals surface area contributed by atoms with Gasteiger partial charge in [-0.15, -0.1) is 0 Å².